The number of nitrogens with zero attached hydrogens (tertiary/aromatic N) is 2. The number of aliphatic hydroxyl groups excluding tert-OH is 1. The van der Waals surface area contributed by atoms with Crippen molar-refractivity contribution in [2.45, 2.75) is 33.3 Å². The van der Waals surface area contributed by atoms with E-state index in [1.165, 1.54) is 0 Å². The molecule has 0 bridgehead atoms. The summed E-state index contributed by atoms with van der Waals surface area (Å²) in [4.78, 5) is 4.36. The van der Waals surface area contributed by atoms with Crippen LogP contribution < -0.4 is 0 Å². The van der Waals surface area contributed by atoms with Gasteiger partial charge in [-0.15, -0.1) is 0 Å². The van der Waals surface area contributed by atoms with E-state index in [1.807, 2.05) is 13.0 Å². The van der Waals surface area contributed by atoms with Gasteiger partial charge in [0.15, 0.2) is 0 Å². The fourth-order valence-corrected chi connectivity index (χ4v) is 1.62. The summed E-state index contributed by atoms with van der Waals surface area (Å²) >= 11 is 0. The van der Waals surface area contributed by atoms with Gasteiger partial charge in [-0.2, -0.15) is 0 Å². The topological polar surface area (TPSA) is 59.2 Å². The average Bonchev–Trinajstić information content (AvgIpc) is 2.59. The molecule has 0 aliphatic carbocycles. The number of hydrogen-bond donors (Lipinski definition) is 1. The Bertz CT molecular complexity index is 489. The summed E-state index contributed by atoms with van der Waals surface area (Å²) in [6.45, 7) is 5.94. The van der Waals surface area contributed by atoms with Gasteiger partial charge in [0.25, 0.3) is 5.71 Å². The smallest absolute Gasteiger partial charge is 0.258 e. The fraction of sp³-hybridized carbons (Fsp3) is 0.455. The second-order valence-corrected chi connectivity index (χ2v) is 3.97. The number of aromatic nitrogens is 2. The molecule has 1 N–H and O–H groups in total. The van der Waals surface area contributed by atoms with E-state index < -0.39 is 0 Å². The van der Waals surface area contributed by atoms with Gasteiger partial charge in [0, 0.05) is 5.69 Å². The molecule has 15 heavy (non-hydrogen) atoms. The Balaban J connectivity index is 2.73. The quantitative estimate of drug-likeness (QED) is 0.817. The maximum atomic E-state index is 9.29. The summed E-state index contributed by atoms with van der Waals surface area (Å²) in [6.07, 6.45) is 0. The zero-order valence-electron chi connectivity index (χ0n) is 9.11. The third kappa shape index (κ3) is 1.61. The Morgan fingerprint density at radius 1 is 1.47 bits per heavy atom. The summed E-state index contributed by atoms with van der Waals surface area (Å²) in [6, 6.07) is 1.91. The van der Waals surface area contributed by atoms with Crippen molar-refractivity contribution in [2.24, 2.45) is 0 Å². The highest BCUT2D eigenvalue weighted by molar-refractivity contribution is 5.80. The maximum Gasteiger partial charge on any atom is 0.258 e. The summed E-state index contributed by atoms with van der Waals surface area (Å²) in [7, 11) is 0. The van der Waals surface area contributed by atoms with Gasteiger partial charge in [0.05, 0.1) is 17.7 Å². The van der Waals surface area contributed by atoms with E-state index in [4.69, 9.17) is 4.52 Å². The van der Waals surface area contributed by atoms with Crippen molar-refractivity contribution in [2.75, 3.05) is 0 Å². The molecule has 0 atom stereocenters. The molecule has 0 radical (unpaired) electrons. The van der Waals surface area contributed by atoms with Crippen molar-refractivity contribution >= 4 is 11.1 Å². The molecule has 2 heterocycles. The number of fused-ring (bicyclic) bond motifs is 1. The zero-order chi connectivity index (χ0) is 11.0. The molecule has 4 nitrogen and oxygen atoms in total. The molecule has 0 saturated heterocycles. The number of aliphatic hydroxyl groups is 1. The number of hydrogen-bond acceptors (Lipinski definition) is 4. The van der Waals surface area contributed by atoms with Gasteiger partial charge in [-0.1, -0.05) is 19.0 Å². The van der Waals surface area contributed by atoms with E-state index in [9.17, 15) is 5.11 Å². The number of aryl methyl sites for hydroxylation is 1. The van der Waals surface area contributed by atoms with Gasteiger partial charge < -0.3 is 9.63 Å². The SMILES string of the molecule is Cc1noc2nc(C(C)C)cc(CO)c12. The maximum absolute atomic E-state index is 9.29. The van der Waals surface area contributed by atoms with Gasteiger partial charge in [-0.3, -0.25) is 0 Å². The van der Waals surface area contributed by atoms with Crippen LogP contribution in [0.5, 0.6) is 0 Å². The molecule has 0 aromatic carbocycles. The molecule has 0 saturated carbocycles. The molecule has 0 unspecified atom stereocenters. The van der Waals surface area contributed by atoms with E-state index in [2.05, 4.69) is 24.0 Å². The number of pyridine rings is 1. The molecule has 0 aliphatic rings. The molecule has 80 valence electrons. The lowest BCUT2D eigenvalue weighted by Gasteiger charge is -2.06. The van der Waals surface area contributed by atoms with Gasteiger partial charge in [-0.25, -0.2) is 4.98 Å². The van der Waals surface area contributed by atoms with Crippen LogP contribution in [0.25, 0.3) is 11.1 Å². The van der Waals surface area contributed by atoms with Crippen LogP contribution in [-0.2, 0) is 6.61 Å². The van der Waals surface area contributed by atoms with Crippen LogP contribution in [0.1, 0.15) is 36.7 Å². The third-order valence-electron chi connectivity index (χ3n) is 2.48. The van der Waals surface area contributed by atoms with Gasteiger partial charge in [0.2, 0.25) is 0 Å². The molecule has 0 amide bonds. The predicted molar refractivity (Wildman–Crippen MR) is 56.6 cm³/mol. The minimum Gasteiger partial charge on any atom is -0.392 e. The molecule has 0 spiro atoms. The van der Waals surface area contributed by atoms with Gasteiger partial charge >= 0.3 is 0 Å². The molecule has 2 aromatic heterocycles. The molecule has 2 aromatic rings. The van der Waals surface area contributed by atoms with Crippen LogP contribution >= 0.6 is 0 Å². The van der Waals surface area contributed by atoms with Crippen LogP contribution in [0.3, 0.4) is 0 Å². The highest BCUT2D eigenvalue weighted by atomic mass is 16.5. The zero-order valence-corrected chi connectivity index (χ0v) is 9.11. The predicted octanol–water partition coefficient (Wildman–Crippen LogP) is 2.15. The van der Waals surface area contributed by atoms with Crippen molar-refractivity contribution in [3.8, 4) is 0 Å². The van der Waals surface area contributed by atoms with Crippen molar-refractivity contribution < 1.29 is 9.63 Å². The van der Waals surface area contributed by atoms with E-state index in [0.717, 1.165) is 22.3 Å². The monoisotopic (exact) mass is 206 g/mol. The lowest BCUT2D eigenvalue weighted by molar-refractivity contribution is 0.283. The molecular formula is C11H14N2O2. The van der Waals surface area contributed by atoms with Crippen LogP contribution in [0.15, 0.2) is 10.6 Å². The lowest BCUT2D eigenvalue weighted by Crippen LogP contribution is -1.96. The average molecular weight is 206 g/mol. The van der Waals surface area contributed by atoms with E-state index in [-0.39, 0.29) is 6.61 Å². The Kier molecular flexibility index (Phi) is 2.44. The van der Waals surface area contributed by atoms with Crippen LogP contribution in [0.4, 0.5) is 0 Å². The third-order valence-corrected chi connectivity index (χ3v) is 2.48. The van der Waals surface area contributed by atoms with Crippen molar-refractivity contribution in [1.29, 1.82) is 0 Å². The van der Waals surface area contributed by atoms with Gasteiger partial charge in [-0.05, 0) is 24.5 Å². The lowest BCUT2D eigenvalue weighted by atomic mass is 10.0. The first kappa shape index (κ1) is 10.1. The largest absolute Gasteiger partial charge is 0.392 e. The molecule has 4 heteroatoms. The number of rotatable bonds is 2. The Morgan fingerprint density at radius 2 is 2.20 bits per heavy atom. The highest BCUT2D eigenvalue weighted by Crippen LogP contribution is 2.24. The Labute approximate surface area is 87.9 Å². The normalized spacial score (nSPS) is 11.5. The van der Waals surface area contributed by atoms with Crippen molar-refractivity contribution in [3.63, 3.8) is 0 Å². The van der Waals surface area contributed by atoms with E-state index in [0.29, 0.717) is 11.6 Å². The standard InChI is InChI=1S/C11H14N2O2/c1-6(2)9-4-8(5-14)10-7(3)13-15-11(10)12-9/h4,6,14H,5H2,1-3H3. The van der Waals surface area contributed by atoms with Crippen LogP contribution in [0.2, 0.25) is 0 Å². The first-order valence-electron chi connectivity index (χ1n) is 5.00. The highest BCUT2D eigenvalue weighted by Gasteiger charge is 2.13. The second-order valence-electron chi connectivity index (χ2n) is 3.97. The van der Waals surface area contributed by atoms with E-state index >= 15 is 0 Å². The summed E-state index contributed by atoms with van der Waals surface area (Å²) < 4.78 is 5.11. The van der Waals surface area contributed by atoms with Gasteiger partial charge in [0.1, 0.15) is 0 Å². The Hall–Kier alpha value is -1.42. The fourth-order valence-electron chi connectivity index (χ4n) is 1.62. The first-order chi connectivity index (χ1) is 7.13. The summed E-state index contributed by atoms with van der Waals surface area (Å²) in [5, 5.41) is 14.0. The first-order valence-corrected chi connectivity index (χ1v) is 5.00. The van der Waals surface area contributed by atoms with Crippen molar-refractivity contribution in [3.05, 3.63) is 23.0 Å². The minimum atomic E-state index is -0.0131. The van der Waals surface area contributed by atoms with Crippen LogP contribution in [-0.4, -0.2) is 15.2 Å². The second kappa shape index (κ2) is 3.62. The minimum absolute atomic E-state index is 0.0131. The molecule has 0 aliphatic heterocycles. The molecule has 2 rings (SSSR count). The summed E-state index contributed by atoms with van der Waals surface area (Å²) in [5.41, 5.74) is 3.05. The van der Waals surface area contributed by atoms with Crippen LogP contribution in [0, 0.1) is 6.92 Å². The van der Waals surface area contributed by atoms with Crippen molar-refractivity contribution in [1.82, 2.24) is 10.1 Å². The summed E-state index contributed by atoms with van der Waals surface area (Å²) in [5.74, 6) is 0.310. The Morgan fingerprint density at radius 3 is 2.80 bits per heavy atom. The molecular weight excluding hydrogens is 192 g/mol. The van der Waals surface area contributed by atoms with E-state index in [1.54, 1.807) is 0 Å². The molecule has 0 fully saturated rings.